The lowest BCUT2D eigenvalue weighted by molar-refractivity contribution is -0.130. The van der Waals surface area contributed by atoms with E-state index in [0.717, 1.165) is 41.9 Å². The van der Waals surface area contributed by atoms with Crippen molar-refractivity contribution in [2.45, 2.75) is 33.6 Å². The number of H-pyrrole nitrogens is 1. The second kappa shape index (κ2) is 5.87. The van der Waals surface area contributed by atoms with Crippen LogP contribution in [-0.2, 0) is 17.6 Å². The van der Waals surface area contributed by atoms with Gasteiger partial charge in [0, 0.05) is 19.5 Å². The molecule has 1 N–H and O–H groups in total. The third-order valence-corrected chi connectivity index (χ3v) is 3.40. The second-order valence-electron chi connectivity index (χ2n) is 4.63. The SMILES string of the molecule is CCc1nc2ccc(CC(=O)N(CC)CC)cc2[nH]1. The Morgan fingerprint density at radius 2 is 2.00 bits per heavy atom. The third-order valence-electron chi connectivity index (χ3n) is 3.40. The number of aromatic nitrogens is 2. The molecule has 0 atom stereocenters. The second-order valence-corrected chi connectivity index (χ2v) is 4.63. The van der Waals surface area contributed by atoms with Gasteiger partial charge in [0.1, 0.15) is 5.82 Å². The first-order chi connectivity index (χ1) is 9.17. The number of nitrogens with zero attached hydrogens (tertiary/aromatic N) is 2. The van der Waals surface area contributed by atoms with Crippen molar-refractivity contribution in [2.24, 2.45) is 0 Å². The van der Waals surface area contributed by atoms with Gasteiger partial charge in [-0.2, -0.15) is 0 Å². The Balaban J connectivity index is 2.19. The van der Waals surface area contributed by atoms with E-state index in [1.165, 1.54) is 0 Å². The Kier molecular flexibility index (Phi) is 4.20. The van der Waals surface area contributed by atoms with Crippen molar-refractivity contribution in [2.75, 3.05) is 13.1 Å². The van der Waals surface area contributed by atoms with Crippen LogP contribution in [0.3, 0.4) is 0 Å². The molecule has 2 rings (SSSR count). The molecule has 0 unspecified atom stereocenters. The first-order valence-electron chi connectivity index (χ1n) is 6.93. The van der Waals surface area contributed by atoms with E-state index in [1.54, 1.807) is 0 Å². The molecule has 0 aliphatic carbocycles. The van der Waals surface area contributed by atoms with Crippen molar-refractivity contribution in [3.05, 3.63) is 29.6 Å². The number of imidazole rings is 1. The number of carbonyl (C=O) groups is 1. The van der Waals surface area contributed by atoms with Gasteiger partial charge in [0.25, 0.3) is 0 Å². The van der Waals surface area contributed by atoms with Crippen molar-refractivity contribution in [3.63, 3.8) is 0 Å². The van der Waals surface area contributed by atoms with E-state index in [9.17, 15) is 4.79 Å². The zero-order valence-corrected chi connectivity index (χ0v) is 11.9. The molecule has 19 heavy (non-hydrogen) atoms. The van der Waals surface area contributed by atoms with Crippen molar-refractivity contribution < 1.29 is 4.79 Å². The van der Waals surface area contributed by atoms with Gasteiger partial charge in [-0.15, -0.1) is 0 Å². The summed E-state index contributed by atoms with van der Waals surface area (Å²) in [4.78, 5) is 21.7. The van der Waals surface area contributed by atoms with E-state index in [0.29, 0.717) is 6.42 Å². The predicted octanol–water partition coefficient (Wildman–Crippen LogP) is 2.54. The summed E-state index contributed by atoms with van der Waals surface area (Å²) in [5, 5.41) is 0. The standard InChI is InChI=1S/C15H21N3O/c1-4-14-16-12-8-7-11(9-13(12)17-14)10-15(19)18(5-2)6-3/h7-9H,4-6,10H2,1-3H3,(H,16,17). The molecular formula is C15H21N3O. The maximum atomic E-state index is 12.1. The topological polar surface area (TPSA) is 49.0 Å². The van der Waals surface area contributed by atoms with Crippen LogP contribution in [0.2, 0.25) is 0 Å². The lowest BCUT2D eigenvalue weighted by atomic mass is 10.1. The number of amides is 1. The van der Waals surface area contributed by atoms with Gasteiger partial charge in [-0.1, -0.05) is 13.0 Å². The summed E-state index contributed by atoms with van der Waals surface area (Å²) < 4.78 is 0. The monoisotopic (exact) mass is 259 g/mol. The smallest absolute Gasteiger partial charge is 0.226 e. The molecule has 2 aromatic rings. The van der Waals surface area contributed by atoms with Crippen LogP contribution in [0.1, 0.15) is 32.2 Å². The van der Waals surface area contributed by atoms with Gasteiger partial charge in [-0.3, -0.25) is 4.79 Å². The first kappa shape index (κ1) is 13.6. The van der Waals surface area contributed by atoms with Crippen LogP contribution in [0, 0.1) is 0 Å². The minimum absolute atomic E-state index is 0.180. The fraction of sp³-hybridized carbons (Fsp3) is 0.467. The third kappa shape index (κ3) is 2.95. The molecule has 0 spiro atoms. The van der Waals surface area contributed by atoms with Crippen LogP contribution in [0.15, 0.2) is 18.2 Å². The molecule has 1 aromatic heterocycles. The number of aromatic amines is 1. The molecular weight excluding hydrogens is 238 g/mol. The van der Waals surface area contributed by atoms with Crippen LogP contribution in [0.4, 0.5) is 0 Å². The Hall–Kier alpha value is -1.84. The van der Waals surface area contributed by atoms with Gasteiger partial charge in [-0.25, -0.2) is 4.98 Å². The Labute approximate surface area is 113 Å². The van der Waals surface area contributed by atoms with Crippen LogP contribution in [0.25, 0.3) is 11.0 Å². The Morgan fingerprint density at radius 3 is 2.63 bits per heavy atom. The molecule has 4 nitrogen and oxygen atoms in total. The number of fused-ring (bicyclic) bond motifs is 1. The van der Waals surface area contributed by atoms with Crippen LogP contribution in [0.5, 0.6) is 0 Å². The minimum Gasteiger partial charge on any atom is -0.343 e. The van der Waals surface area contributed by atoms with Gasteiger partial charge >= 0.3 is 0 Å². The average molecular weight is 259 g/mol. The fourth-order valence-electron chi connectivity index (χ4n) is 2.25. The molecule has 0 fully saturated rings. The van der Waals surface area contributed by atoms with Crippen molar-refractivity contribution in [1.29, 1.82) is 0 Å². The number of hydrogen-bond donors (Lipinski definition) is 1. The number of likely N-dealkylation sites (N-methyl/N-ethyl adjacent to an activating group) is 1. The first-order valence-corrected chi connectivity index (χ1v) is 6.93. The number of nitrogens with one attached hydrogen (secondary N) is 1. The van der Waals surface area contributed by atoms with E-state index >= 15 is 0 Å². The van der Waals surface area contributed by atoms with Gasteiger partial charge in [0.05, 0.1) is 17.5 Å². The summed E-state index contributed by atoms with van der Waals surface area (Å²) in [6, 6.07) is 6.00. The molecule has 4 heteroatoms. The van der Waals surface area contributed by atoms with Crippen LogP contribution >= 0.6 is 0 Å². The summed E-state index contributed by atoms with van der Waals surface area (Å²) >= 11 is 0. The average Bonchev–Trinajstić information content (AvgIpc) is 2.82. The summed E-state index contributed by atoms with van der Waals surface area (Å²) in [7, 11) is 0. The van der Waals surface area contributed by atoms with E-state index < -0.39 is 0 Å². The highest BCUT2D eigenvalue weighted by Gasteiger charge is 2.11. The van der Waals surface area contributed by atoms with Crippen molar-refractivity contribution in [3.8, 4) is 0 Å². The summed E-state index contributed by atoms with van der Waals surface area (Å²) in [6.45, 7) is 7.62. The molecule has 1 aromatic carbocycles. The van der Waals surface area contributed by atoms with E-state index in [-0.39, 0.29) is 5.91 Å². The van der Waals surface area contributed by atoms with Crippen LogP contribution < -0.4 is 0 Å². The molecule has 102 valence electrons. The largest absolute Gasteiger partial charge is 0.343 e. The lowest BCUT2D eigenvalue weighted by Crippen LogP contribution is -2.31. The van der Waals surface area contributed by atoms with Crippen molar-refractivity contribution in [1.82, 2.24) is 14.9 Å². The molecule has 1 heterocycles. The van der Waals surface area contributed by atoms with E-state index in [4.69, 9.17) is 0 Å². The summed E-state index contributed by atoms with van der Waals surface area (Å²) in [5.41, 5.74) is 3.02. The molecule has 0 bridgehead atoms. The quantitative estimate of drug-likeness (QED) is 0.897. The highest BCUT2D eigenvalue weighted by atomic mass is 16.2. The van der Waals surface area contributed by atoms with Crippen LogP contribution in [-0.4, -0.2) is 33.9 Å². The highest BCUT2D eigenvalue weighted by Crippen LogP contribution is 2.15. The summed E-state index contributed by atoms with van der Waals surface area (Å²) in [6.07, 6.45) is 1.35. The number of rotatable bonds is 5. The highest BCUT2D eigenvalue weighted by molar-refractivity contribution is 5.81. The predicted molar refractivity (Wildman–Crippen MR) is 77.1 cm³/mol. The number of carbonyl (C=O) groups excluding carboxylic acids is 1. The fourth-order valence-corrected chi connectivity index (χ4v) is 2.25. The molecule has 0 aliphatic rings. The van der Waals surface area contributed by atoms with Gasteiger partial charge in [0.15, 0.2) is 0 Å². The maximum Gasteiger partial charge on any atom is 0.226 e. The van der Waals surface area contributed by atoms with Gasteiger partial charge in [-0.05, 0) is 31.5 Å². The molecule has 0 aliphatic heterocycles. The minimum atomic E-state index is 0.180. The molecule has 0 saturated heterocycles. The maximum absolute atomic E-state index is 12.1. The van der Waals surface area contributed by atoms with E-state index in [1.807, 2.05) is 36.9 Å². The zero-order valence-electron chi connectivity index (χ0n) is 11.9. The van der Waals surface area contributed by atoms with Gasteiger partial charge < -0.3 is 9.88 Å². The Bertz CT molecular complexity index is 570. The number of benzene rings is 1. The van der Waals surface area contributed by atoms with E-state index in [2.05, 4.69) is 16.9 Å². The number of hydrogen-bond acceptors (Lipinski definition) is 2. The van der Waals surface area contributed by atoms with Crippen molar-refractivity contribution >= 4 is 16.9 Å². The Morgan fingerprint density at radius 1 is 1.26 bits per heavy atom. The van der Waals surface area contributed by atoms with Gasteiger partial charge in [0.2, 0.25) is 5.91 Å². The molecule has 0 radical (unpaired) electrons. The lowest BCUT2D eigenvalue weighted by Gasteiger charge is -2.18. The number of aryl methyl sites for hydroxylation is 1. The zero-order chi connectivity index (χ0) is 13.8. The molecule has 0 saturated carbocycles. The molecule has 1 amide bonds. The normalized spacial score (nSPS) is 10.9. The summed E-state index contributed by atoms with van der Waals surface area (Å²) in [5.74, 6) is 1.17.